The van der Waals surface area contributed by atoms with E-state index in [0.717, 1.165) is 18.9 Å². The van der Waals surface area contributed by atoms with Gasteiger partial charge >= 0.3 is 0 Å². The zero-order chi connectivity index (χ0) is 12.4. The standard InChI is InChI=1S/C12H16F2N2O/c1-16-9(3-2-4-15)7-17-11-6-8(13)5-10(14)12(11)16/h5-6,9H,2-4,7,15H2,1H3. The molecule has 1 aliphatic rings. The Balaban J connectivity index is 2.25. The van der Waals surface area contributed by atoms with Gasteiger partial charge in [0.15, 0.2) is 5.82 Å². The van der Waals surface area contributed by atoms with Gasteiger partial charge in [-0.25, -0.2) is 8.78 Å². The van der Waals surface area contributed by atoms with E-state index in [1.54, 1.807) is 7.05 Å². The number of hydrogen-bond acceptors (Lipinski definition) is 3. The highest BCUT2D eigenvalue weighted by Crippen LogP contribution is 2.36. The van der Waals surface area contributed by atoms with Crippen molar-refractivity contribution >= 4 is 5.69 Å². The van der Waals surface area contributed by atoms with E-state index in [-0.39, 0.29) is 11.8 Å². The van der Waals surface area contributed by atoms with Gasteiger partial charge < -0.3 is 15.4 Å². The first kappa shape index (κ1) is 12.1. The van der Waals surface area contributed by atoms with Gasteiger partial charge in [0.05, 0.1) is 6.04 Å². The van der Waals surface area contributed by atoms with Crippen LogP contribution in [0.15, 0.2) is 12.1 Å². The molecule has 5 heteroatoms. The van der Waals surface area contributed by atoms with Crippen molar-refractivity contribution in [3.8, 4) is 5.75 Å². The Morgan fingerprint density at radius 3 is 2.94 bits per heavy atom. The molecule has 0 saturated heterocycles. The van der Waals surface area contributed by atoms with Crippen LogP contribution in [0.2, 0.25) is 0 Å². The molecule has 0 aromatic heterocycles. The Morgan fingerprint density at radius 1 is 1.47 bits per heavy atom. The summed E-state index contributed by atoms with van der Waals surface area (Å²) in [6, 6.07) is 2.18. The van der Waals surface area contributed by atoms with Crippen molar-refractivity contribution in [2.75, 3.05) is 25.1 Å². The molecule has 0 spiro atoms. The van der Waals surface area contributed by atoms with Gasteiger partial charge in [-0.05, 0) is 19.4 Å². The van der Waals surface area contributed by atoms with Gasteiger partial charge in [-0.2, -0.15) is 0 Å². The van der Waals surface area contributed by atoms with Crippen molar-refractivity contribution in [2.45, 2.75) is 18.9 Å². The minimum absolute atomic E-state index is 0.0889. The number of rotatable bonds is 3. The van der Waals surface area contributed by atoms with Crippen LogP contribution in [0.25, 0.3) is 0 Å². The Labute approximate surface area is 99.2 Å². The van der Waals surface area contributed by atoms with Crippen molar-refractivity contribution in [1.29, 1.82) is 0 Å². The Bertz CT molecular complexity index is 412. The third-order valence-corrected chi connectivity index (χ3v) is 3.07. The van der Waals surface area contributed by atoms with E-state index in [0.29, 0.717) is 18.8 Å². The second kappa shape index (κ2) is 4.87. The lowest BCUT2D eigenvalue weighted by Crippen LogP contribution is -2.41. The number of likely N-dealkylation sites (N-methyl/N-ethyl adjacent to an activating group) is 1. The molecule has 0 amide bonds. The van der Waals surface area contributed by atoms with Crippen molar-refractivity contribution in [3.05, 3.63) is 23.8 Å². The summed E-state index contributed by atoms with van der Waals surface area (Å²) in [5.41, 5.74) is 5.79. The van der Waals surface area contributed by atoms with Gasteiger partial charge in [0.25, 0.3) is 0 Å². The number of halogens is 2. The van der Waals surface area contributed by atoms with Gasteiger partial charge in [0, 0.05) is 19.2 Å². The summed E-state index contributed by atoms with van der Waals surface area (Å²) in [6.07, 6.45) is 1.69. The number of anilines is 1. The molecular formula is C12H16F2N2O. The fraction of sp³-hybridized carbons (Fsp3) is 0.500. The molecule has 1 aliphatic heterocycles. The van der Waals surface area contributed by atoms with Crippen LogP contribution in [-0.2, 0) is 0 Å². The van der Waals surface area contributed by atoms with E-state index in [9.17, 15) is 8.78 Å². The number of nitrogens with two attached hydrogens (primary N) is 1. The van der Waals surface area contributed by atoms with Crippen LogP contribution in [0, 0.1) is 11.6 Å². The fourth-order valence-corrected chi connectivity index (χ4v) is 2.11. The maximum atomic E-state index is 13.7. The van der Waals surface area contributed by atoms with Crippen LogP contribution in [-0.4, -0.2) is 26.2 Å². The maximum Gasteiger partial charge on any atom is 0.153 e. The third-order valence-electron chi connectivity index (χ3n) is 3.07. The molecule has 3 nitrogen and oxygen atoms in total. The second-order valence-electron chi connectivity index (χ2n) is 4.24. The van der Waals surface area contributed by atoms with Gasteiger partial charge in [0.1, 0.15) is 23.9 Å². The molecule has 0 aliphatic carbocycles. The Hall–Kier alpha value is -1.36. The van der Waals surface area contributed by atoms with Crippen molar-refractivity contribution < 1.29 is 13.5 Å². The predicted octanol–water partition coefficient (Wildman–Crippen LogP) is 1.90. The third kappa shape index (κ3) is 2.34. The lowest BCUT2D eigenvalue weighted by atomic mass is 10.1. The van der Waals surface area contributed by atoms with E-state index in [1.807, 2.05) is 4.90 Å². The molecule has 1 unspecified atom stereocenters. The molecule has 2 rings (SSSR count). The quantitative estimate of drug-likeness (QED) is 0.879. The van der Waals surface area contributed by atoms with Gasteiger partial charge in [-0.1, -0.05) is 0 Å². The predicted molar refractivity (Wildman–Crippen MR) is 62.3 cm³/mol. The van der Waals surface area contributed by atoms with Crippen molar-refractivity contribution in [3.63, 3.8) is 0 Å². The highest BCUT2D eigenvalue weighted by atomic mass is 19.1. The first-order valence-electron chi connectivity index (χ1n) is 5.68. The Kier molecular flexibility index (Phi) is 3.47. The van der Waals surface area contributed by atoms with E-state index in [1.165, 1.54) is 6.07 Å². The first-order chi connectivity index (χ1) is 8.13. The SMILES string of the molecule is CN1c2c(F)cc(F)cc2OCC1CCCN. The molecule has 0 fully saturated rings. The number of nitrogens with zero attached hydrogens (tertiary/aromatic N) is 1. The van der Waals surface area contributed by atoms with Crippen LogP contribution >= 0.6 is 0 Å². The number of benzene rings is 1. The molecule has 1 atom stereocenters. The molecule has 94 valence electrons. The lowest BCUT2D eigenvalue weighted by Gasteiger charge is -2.36. The molecule has 1 aromatic carbocycles. The summed E-state index contributed by atoms with van der Waals surface area (Å²) < 4.78 is 32.1. The van der Waals surface area contributed by atoms with E-state index < -0.39 is 11.6 Å². The summed E-state index contributed by atoms with van der Waals surface area (Å²) in [7, 11) is 1.80. The monoisotopic (exact) mass is 242 g/mol. The van der Waals surface area contributed by atoms with Crippen LogP contribution in [0.4, 0.5) is 14.5 Å². The van der Waals surface area contributed by atoms with Gasteiger partial charge in [-0.15, -0.1) is 0 Å². The smallest absolute Gasteiger partial charge is 0.153 e. The molecule has 1 aromatic rings. The number of ether oxygens (including phenoxy) is 1. The number of hydrogen-bond donors (Lipinski definition) is 1. The van der Waals surface area contributed by atoms with Gasteiger partial charge in [0.2, 0.25) is 0 Å². The molecule has 0 bridgehead atoms. The summed E-state index contributed by atoms with van der Waals surface area (Å²) in [6.45, 7) is 1.04. The molecule has 2 N–H and O–H groups in total. The molecule has 0 saturated carbocycles. The summed E-state index contributed by atoms with van der Waals surface area (Å²) in [4.78, 5) is 1.81. The molecular weight excluding hydrogens is 226 g/mol. The number of fused-ring (bicyclic) bond motifs is 1. The van der Waals surface area contributed by atoms with Crippen LogP contribution < -0.4 is 15.4 Å². The normalized spacial score (nSPS) is 18.8. The largest absolute Gasteiger partial charge is 0.489 e. The van der Waals surface area contributed by atoms with Crippen LogP contribution in [0.1, 0.15) is 12.8 Å². The molecule has 0 radical (unpaired) electrons. The van der Waals surface area contributed by atoms with Crippen LogP contribution in [0.5, 0.6) is 5.75 Å². The van der Waals surface area contributed by atoms with Crippen LogP contribution in [0.3, 0.4) is 0 Å². The minimum Gasteiger partial charge on any atom is -0.489 e. The maximum absolute atomic E-state index is 13.7. The molecule has 17 heavy (non-hydrogen) atoms. The lowest BCUT2D eigenvalue weighted by molar-refractivity contribution is 0.254. The fourth-order valence-electron chi connectivity index (χ4n) is 2.11. The minimum atomic E-state index is -0.616. The van der Waals surface area contributed by atoms with Crippen molar-refractivity contribution in [2.24, 2.45) is 5.73 Å². The van der Waals surface area contributed by atoms with Gasteiger partial charge in [-0.3, -0.25) is 0 Å². The average molecular weight is 242 g/mol. The first-order valence-corrected chi connectivity index (χ1v) is 5.68. The van der Waals surface area contributed by atoms with Crippen molar-refractivity contribution in [1.82, 2.24) is 0 Å². The van der Waals surface area contributed by atoms with E-state index in [2.05, 4.69) is 0 Å². The summed E-state index contributed by atoms with van der Waals surface area (Å²) in [5.74, 6) is -0.927. The highest BCUT2D eigenvalue weighted by molar-refractivity contribution is 5.61. The molecule has 1 heterocycles. The zero-order valence-electron chi connectivity index (χ0n) is 9.75. The average Bonchev–Trinajstić information content (AvgIpc) is 2.27. The van der Waals surface area contributed by atoms with E-state index in [4.69, 9.17) is 10.5 Å². The zero-order valence-corrected chi connectivity index (χ0v) is 9.75. The second-order valence-corrected chi connectivity index (χ2v) is 4.24. The summed E-state index contributed by atoms with van der Waals surface area (Å²) in [5, 5.41) is 0. The summed E-state index contributed by atoms with van der Waals surface area (Å²) >= 11 is 0. The topological polar surface area (TPSA) is 38.5 Å². The Morgan fingerprint density at radius 2 is 2.24 bits per heavy atom. The highest BCUT2D eigenvalue weighted by Gasteiger charge is 2.27. The van der Waals surface area contributed by atoms with E-state index >= 15 is 0 Å².